The Kier molecular flexibility index (Phi) is 7.94. The zero-order valence-electron chi connectivity index (χ0n) is 23.8. The number of carboxylic acids is 1. The topological polar surface area (TPSA) is 91.0 Å². The van der Waals surface area contributed by atoms with E-state index in [9.17, 15) is 27.9 Å². The lowest BCUT2D eigenvalue weighted by molar-refractivity contribution is -0.142. The average molecular weight is 580 g/mol. The molecule has 5 rings (SSSR count). The van der Waals surface area contributed by atoms with Crippen molar-refractivity contribution in [3.8, 4) is 11.3 Å². The molecule has 1 aliphatic rings. The molecule has 0 bridgehead atoms. The number of halogens is 3. The number of carboxylic acid groups (broad SMARTS) is 1. The van der Waals surface area contributed by atoms with Crippen molar-refractivity contribution in [2.75, 3.05) is 24.5 Å². The Morgan fingerprint density at radius 2 is 1.69 bits per heavy atom. The van der Waals surface area contributed by atoms with Gasteiger partial charge in [-0.2, -0.15) is 9.61 Å². The van der Waals surface area contributed by atoms with Crippen molar-refractivity contribution in [1.82, 2.24) is 19.5 Å². The zero-order valence-corrected chi connectivity index (χ0v) is 23.8. The fourth-order valence-corrected chi connectivity index (χ4v) is 5.49. The maximum Gasteiger partial charge on any atom is 0.308 e. The summed E-state index contributed by atoms with van der Waals surface area (Å²) < 4.78 is 43.8. The molecule has 2 aromatic carbocycles. The number of rotatable bonds is 8. The van der Waals surface area contributed by atoms with Crippen molar-refractivity contribution in [2.45, 2.75) is 33.7 Å². The Balaban J connectivity index is 1.67. The minimum atomic E-state index is -1.57. The molecule has 4 aromatic rings. The van der Waals surface area contributed by atoms with Crippen LogP contribution in [0.25, 0.3) is 16.9 Å². The monoisotopic (exact) mass is 579 g/mol. The predicted molar refractivity (Wildman–Crippen MR) is 152 cm³/mol. The smallest absolute Gasteiger partial charge is 0.308 e. The number of benzene rings is 2. The number of anilines is 1. The molecule has 0 saturated carbocycles. The van der Waals surface area contributed by atoms with Crippen molar-refractivity contribution in [1.29, 1.82) is 0 Å². The number of hydrogen-bond donors (Lipinski definition) is 1. The molecule has 1 saturated heterocycles. The fourth-order valence-electron chi connectivity index (χ4n) is 5.49. The minimum absolute atomic E-state index is 0.0266. The summed E-state index contributed by atoms with van der Waals surface area (Å²) in [5.74, 6) is -5.84. The second-order valence-corrected chi connectivity index (χ2v) is 11.3. The third-order valence-corrected chi connectivity index (χ3v) is 7.73. The highest BCUT2D eigenvalue weighted by Crippen LogP contribution is 2.33. The largest absolute Gasteiger partial charge is 0.481 e. The van der Waals surface area contributed by atoms with Crippen LogP contribution in [0.2, 0.25) is 0 Å². The molecule has 0 radical (unpaired) electrons. The van der Waals surface area contributed by atoms with Crippen LogP contribution >= 0.6 is 0 Å². The maximum absolute atomic E-state index is 14.3. The summed E-state index contributed by atoms with van der Waals surface area (Å²) in [6.45, 7) is 8.82. The summed E-state index contributed by atoms with van der Waals surface area (Å²) >= 11 is 0. The number of aliphatic carboxylic acids is 1. The fraction of sp³-hybridized carbons (Fsp3) is 0.355. The van der Waals surface area contributed by atoms with Crippen LogP contribution in [0.15, 0.2) is 54.6 Å². The van der Waals surface area contributed by atoms with Gasteiger partial charge in [-0.25, -0.2) is 18.2 Å². The summed E-state index contributed by atoms with van der Waals surface area (Å²) in [5.41, 5.74) is 1.51. The molecule has 0 aliphatic carbocycles. The van der Waals surface area contributed by atoms with E-state index in [4.69, 9.17) is 0 Å². The van der Waals surface area contributed by atoms with E-state index in [1.54, 1.807) is 13.0 Å². The highest BCUT2D eigenvalue weighted by Gasteiger charge is 2.38. The maximum atomic E-state index is 14.3. The van der Waals surface area contributed by atoms with Crippen molar-refractivity contribution in [3.05, 3.63) is 83.3 Å². The molecular weight excluding hydrogens is 547 g/mol. The number of hydrogen-bond acceptors (Lipinski definition) is 5. The number of aromatic nitrogens is 3. The summed E-state index contributed by atoms with van der Waals surface area (Å²) in [7, 11) is 0. The highest BCUT2D eigenvalue weighted by molar-refractivity contribution is 5.94. The van der Waals surface area contributed by atoms with E-state index < -0.39 is 35.2 Å². The van der Waals surface area contributed by atoms with E-state index in [0.29, 0.717) is 12.4 Å². The Hall–Kier alpha value is -4.41. The lowest BCUT2D eigenvalue weighted by atomic mass is 9.99. The van der Waals surface area contributed by atoms with E-state index in [1.165, 1.54) is 15.5 Å². The van der Waals surface area contributed by atoms with Gasteiger partial charge in [-0.1, -0.05) is 51.1 Å². The van der Waals surface area contributed by atoms with Gasteiger partial charge in [-0.3, -0.25) is 9.59 Å². The van der Waals surface area contributed by atoms with Crippen LogP contribution in [-0.2, 0) is 4.79 Å². The standard InChI is InChI=1S/C31H32F3N5O3/c1-17(2)14-38(19(4)20-8-6-5-7-9-20)28-13-25(21-10-23(32)29(34)24(33)11-21)35-27-12-26(36-39(27)28)30(40)37-15-18(3)22(16-37)31(41)42/h5-13,17-19,22H,14-16H2,1-4H3,(H,41,42). The van der Waals surface area contributed by atoms with Gasteiger partial charge in [0.1, 0.15) is 5.82 Å². The Morgan fingerprint density at radius 1 is 1.02 bits per heavy atom. The molecule has 1 fully saturated rings. The first kappa shape index (κ1) is 29.1. The second-order valence-electron chi connectivity index (χ2n) is 11.3. The van der Waals surface area contributed by atoms with Crippen LogP contribution in [0.1, 0.15) is 49.8 Å². The predicted octanol–water partition coefficient (Wildman–Crippen LogP) is 5.83. The molecule has 3 heterocycles. The van der Waals surface area contributed by atoms with Gasteiger partial charge < -0.3 is 14.9 Å². The lowest BCUT2D eigenvalue weighted by Gasteiger charge is -2.33. The molecule has 42 heavy (non-hydrogen) atoms. The second kappa shape index (κ2) is 11.5. The number of nitrogens with zero attached hydrogens (tertiary/aromatic N) is 5. The first-order chi connectivity index (χ1) is 19.9. The molecule has 2 aromatic heterocycles. The first-order valence-corrected chi connectivity index (χ1v) is 13.8. The molecule has 1 N–H and O–H groups in total. The Bertz CT molecular complexity index is 1620. The SMILES string of the molecule is CC(C)CN(c1cc(-c2cc(F)c(F)c(F)c2)nc2cc(C(=O)N3CC(C)C(C(=O)O)C3)nn12)C(C)c1ccccc1. The number of amides is 1. The number of likely N-dealkylation sites (tertiary alicyclic amines) is 1. The minimum Gasteiger partial charge on any atom is -0.481 e. The normalized spacial score (nSPS) is 17.7. The summed E-state index contributed by atoms with van der Waals surface area (Å²) in [4.78, 5) is 33.2. The van der Waals surface area contributed by atoms with E-state index >= 15 is 0 Å². The van der Waals surface area contributed by atoms with Crippen molar-refractivity contribution >= 4 is 23.3 Å². The van der Waals surface area contributed by atoms with Crippen LogP contribution in [0.4, 0.5) is 19.0 Å². The van der Waals surface area contributed by atoms with Crippen molar-refractivity contribution in [2.24, 2.45) is 17.8 Å². The summed E-state index contributed by atoms with van der Waals surface area (Å²) in [5, 5.41) is 14.1. The zero-order chi connectivity index (χ0) is 30.3. The van der Waals surface area contributed by atoms with Gasteiger partial charge in [-0.05, 0) is 36.5 Å². The van der Waals surface area contributed by atoms with Crippen molar-refractivity contribution < 1.29 is 27.9 Å². The van der Waals surface area contributed by atoms with Gasteiger partial charge >= 0.3 is 5.97 Å². The van der Waals surface area contributed by atoms with Crippen LogP contribution in [0.3, 0.4) is 0 Å². The molecule has 8 nitrogen and oxygen atoms in total. The third kappa shape index (κ3) is 5.55. The van der Waals surface area contributed by atoms with Crippen LogP contribution < -0.4 is 4.90 Å². The molecule has 11 heteroatoms. The number of fused-ring (bicyclic) bond motifs is 1. The van der Waals surface area contributed by atoms with Gasteiger partial charge in [-0.15, -0.1) is 0 Å². The highest BCUT2D eigenvalue weighted by atomic mass is 19.2. The van der Waals surface area contributed by atoms with Gasteiger partial charge in [0.25, 0.3) is 5.91 Å². The number of carbonyl (C=O) groups excluding carboxylic acids is 1. The van der Waals surface area contributed by atoms with Crippen LogP contribution in [-0.4, -0.2) is 56.1 Å². The van der Waals surface area contributed by atoms with Gasteiger partial charge in [0.15, 0.2) is 28.8 Å². The van der Waals surface area contributed by atoms with E-state index in [-0.39, 0.29) is 53.6 Å². The Labute approximate surface area is 241 Å². The third-order valence-electron chi connectivity index (χ3n) is 7.73. The Morgan fingerprint density at radius 3 is 2.29 bits per heavy atom. The van der Waals surface area contributed by atoms with E-state index in [0.717, 1.165) is 17.7 Å². The lowest BCUT2D eigenvalue weighted by Crippen LogP contribution is -2.33. The molecular formula is C31H32F3N5O3. The van der Waals surface area contributed by atoms with Crippen molar-refractivity contribution in [3.63, 3.8) is 0 Å². The molecule has 1 aliphatic heterocycles. The van der Waals surface area contributed by atoms with Crippen LogP contribution in [0.5, 0.6) is 0 Å². The number of carbonyl (C=O) groups is 2. The summed E-state index contributed by atoms with van der Waals surface area (Å²) in [6.07, 6.45) is 0. The molecule has 220 valence electrons. The molecule has 0 spiro atoms. The average Bonchev–Trinajstić information content (AvgIpc) is 3.57. The molecule has 3 atom stereocenters. The molecule has 3 unspecified atom stereocenters. The van der Waals surface area contributed by atoms with E-state index in [1.807, 2.05) is 37.3 Å². The van der Waals surface area contributed by atoms with E-state index in [2.05, 4.69) is 28.8 Å². The van der Waals surface area contributed by atoms with Gasteiger partial charge in [0, 0.05) is 37.3 Å². The summed E-state index contributed by atoms with van der Waals surface area (Å²) in [6, 6.07) is 14.5. The first-order valence-electron chi connectivity index (χ1n) is 13.8. The van der Waals surface area contributed by atoms with Gasteiger partial charge in [0.2, 0.25) is 0 Å². The van der Waals surface area contributed by atoms with Gasteiger partial charge in [0.05, 0.1) is 17.7 Å². The quantitative estimate of drug-likeness (QED) is 0.264. The molecule has 1 amide bonds. The van der Waals surface area contributed by atoms with Crippen LogP contribution in [0, 0.1) is 35.2 Å².